The summed E-state index contributed by atoms with van der Waals surface area (Å²) in [5.74, 6) is 1.09. The minimum absolute atomic E-state index is 0.872. The Bertz CT molecular complexity index is 308. The maximum atomic E-state index is 4.53. The molecule has 1 aliphatic heterocycles. The standard InChI is InChI=1S/C11H17N3S/c1-15-11-12-7-6-10(13-11)14-8-4-2-3-5-9-14/h6-7H,2-5,8-9H2,1H3. The summed E-state index contributed by atoms with van der Waals surface area (Å²) in [6.45, 7) is 2.29. The fourth-order valence-electron chi connectivity index (χ4n) is 1.91. The number of hydrogen-bond acceptors (Lipinski definition) is 4. The smallest absolute Gasteiger partial charge is 0.189 e. The van der Waals surface area contributed by atoms with Crippen molar-refractivity contribution in [1.82, 2.24) is 9.97 Å². The molecule has 0 radical (unpaired) electrons. The molecule has 0 unspecified atom stereocenters. The summed E-state index contributed by atoms with van der Waals surface area (Å²) in [6, 6.07) is 2.02. The van der Waals surface area contributed by atoms with Crippen LogP contribution in [0.15, 0.2) is 17.4 Å². The molecule has 15 heavy (non-hydrogen) atoms. The quantitative estimate of drug-likeness (QED) is 0.569. The van der Waals surface area contributed by atoms with Crippen molar-refractivity contribution in [2.45, 2.75) is 30.8 Å². The van der Waals surface area contributed by atoms with Crippen LogP contribution >= 0.6 is 11.8 Å². The van der Waals surface area contributed by atoms with E-state index in [4.69, 9.17) is 0 Å². The zero-order chi connectivity index (χ0) is 10.5. The number of nitrogens with zero attached hydrogens (tertiary/aromatic N) is 3. The van der Waals surface area contributed by atoms with E-state index in [2.05, 4.69) is 14.9 Å². The molecule has 0 atom stereocenters. The van der Waals surface area contributed by atoms with Crippen LogP contribution in [-0.2, 0) is 0 Å². The third-order valence-corrected chi connectivity index (χ3v) is 3.29. The Hall–Kier alpha value is -0.770. The van der Waals surface area contributed by atoms with Crippen LogP contribution in [0.4, 0.5) is 5.82 Å². The van der Waals surface area contributed by atoms with Gasteiger partial charge in [-0.15, -0.1) is 0 Å². The fourth-order valence-corrected chi connectivity index (χ4v) is 2.26. The SMILES string of the molecule is CSc1nccc(N2CCCCCC2)n1. The Morgan fingerprint density at radius 2 is 1.93 bits per heavy atom. The molecule has 0 amide bonds. The molecule has 1 aromatic heterocycles. The molecule has 3 nitrogen and oxygen atoms in total. The van der Waals surface area contributed by atoms with E-state index in [-0.39, 0.29) is 0 Å². The van der Waals surface area contributed by atoms with Crippen LogP contribution in [-0.4, -0.2) is 29.3 Å². The van der Waals surface area contributed by atoms with E-state index in [1.54, 1.807) is 11.8 Å². The zero-order valence-electron chi connectivity index (χ0n) is 9.15. The van der Waals surface area contributed by atoms with Crippen molar-refractivity contribution in [3.8, 4) is 0 Å². The summed E-state index contributed by atoms with van der Waals surface area (Å²) < 4.78 is 0. The molecule has 4 heteroatoms. The van der Waals surface area contributed by atoms with E-state index in [9.17, 15) is 0 Å². The van der Waals surface area contributed by atoms with Gasteiger partial charge in [-0.3, -0.25) is 0 Å². The van der Waals surface area contributed by atoms with Gasteiger partial charge in [0.1, 0.15) is 5.82 Å². The molecular weight excluding hydrogens is 206 g/mol. The lowest BCUT2D eigenvalue weighted by molar-refractivity contribution is 0.726. The monoisotopic (exact) mass is 223 g/mol. The molecule has 2 heterocycles. The van der Waals surface area contributed by atoms with Gasteiger partial charge >= 0.3 is 0 Å². The first kappa shape index (κ1) is 10.7. The summed E-state index contributed by atoms with van der Waals surface area (Å²) in [5.41, 5.74) is 0. The number of aromatic nitrogens is 2. The molecule has 1 aromatic rings. The predicted molar refractivity (Wildman–Crippen MR) is 64.5 cm³/mol. The molecule has 1 fully saturated rings. The summed E-state index contributed by atoms with van der Waals surface area (Å²) in [5, 5.41) is 0.872. The van der Waals surface area contributed by atoms with E-state index in [0.717, 1.165) is 24.1 Å². The Kier molecular flexibility index (Phi) is 3.83. The van der Waals surface area contributed by atoms with E-state index in [0.29, 0.717) is 0 Å². The van der Waals surface area contributed by atoms with Crippen molar-refractivity contribution < 1.29 is 0 Å². The van der Waals surface area contributed by atoms with Crippen LogP contribution in [0.3, 0.4) is 0 Å². The molecule has 0 saturated carbocycles. The minimum Gasteiger partial charge on any atom is -0.356 e. The first-order valence-corrected chi connectivity index (χ1v) is 6.74. The number of hydrogen-bond donors (Lipinski definition) is 0. The zero-order valence-corrected chi connectivity index (χ0v) is 9.96. The number of anilines is 1. The highest BCUT2D eigenvalue weighted by molar-refractivity contribution is 7.98. The van der Waals surface area contributed by atoms with Gasteiger partial charge in [-0.1, -0.05) is 24.6 Å². The third-order valence-electron chi connectivity index (χ3n) is 2.73. The van der Waals surface area contributed by atoms with Crippen molar-refractivity contribution in [2.24, 2.45) is 0 Å². The van der Waals surface area contributed by atoms with Crippen LogP contribution in [0.1, 0.15) is 25.7 Å². The van der Waals surface area contributed by atoms with Gasteiger partial charge in [0.2, 0.25) is 0 Å². The van der Waals surface area contributed by atoms with Gasteiger partial charge in [0.25, 0.3) is 0 Å². The van der Waals surface area contributed by atoms with Gasteiger partial charge in [-0.2, -0.15) is 0 Å². The van der Waals surface area contributed by atoms with Gasteiger partial charge < -0.3 is 4.90 Å². The van der Waals surface area contributed by atoms with Crippen LogP contribution in [0.25, 0.3) is 0 Å². The highest BCUT2D eigenvalue weighted by Crippen LogP contribution is 2.18. The lowest BCUT2D eigenvalue weighted by Gasteiger charge is -2.21. The molecule has 0 aliphatic carbocycles. The molecule has 0 N–H and O–H groups in total. The van der Waals surface area contributed by atoms with Gasteiger partial charge in [-0.25, -0.2) is 9.97 Å². The second-order valence-electron chi connectivity index (χ2n) is 3.80. The normalized spacial score (nSPS) is 17.5. The molecule has 1 saturated heterocycles. The third kappa shape index (κ3) is 2.84. The number of rotatable bonds is 2. The lowest BCUT2D eigenvalue weighted by atomic mass is 10.2. The van der Waals surface area contributed by atoms with Gasteiger partial charge in [0.05, 0.1) is 0 Å². The van der Waals surface area contributed by atoms with Crippen molar-refractivity contribution in [1.29, 1.82) is 0 Å². The first-order chi connectivity index (χ1) is 7.40. The molecule has 1 aliphatic rings. The molecule has 0 aromatic carbocycles. The summed E-state index contributed by atoms with van der Waals surface area (Å²) >= 11 is 1.60. The fraction of sp³-hybridized carbons (Fsp3) is 0.636. The first-order valence-electron chi connectivity index (χ1n) is 5.52. The van der Waals surface area contributed by atoms with E-state index < -0.39 is 0 Å². The van der Waals surface area contributed by atoms with Crippen LogP contribution in [0.2, 0.25) is 0 Å². The molecule has 0 spiro atoms. The molecule has 82 valence electrons. The van der Waals surface area contributed by atoms with Crippen molar-refractivity contribution in [2.75, 3.05) is 24.2 Å². The maximum absolute atomic E-state index is 4.53. The topological polar surface area (TPSA) is 29.0 Å². The van der Waals surface area contributed by atoms with Gasteiger partial charge in [0, 0.05) is 19.3 Å². The Morgan fingerprint density at radius 1 is 1.20 bits per heavy atom. The second-order valence-corrected chi connectivity index (χ2v) is 4.58. The average Bonchev–Trinajstić information content (AvgIpc) is 2.58. The van der Waals surface area contributed by atoms with Gasteiger partial charge in [0.15, 0.2) is 5.16 Å². The summed E-state index contributed by atoms with van der Waals surface area (Å²) in [7, 11) is 0. The van der Waals surface area contributed by atoms with Crippen molar-refractivity contribution in [3.63, 3.8) is 0 Å². The van der Waals surface area contributed by atoms with E-state index >= 15 is 0 Å². The average molecular weight is 223 g/mol. The minimum atomic E-state index is 0.872. The predicted octanol–water partition coefficient (Wildman–Crippen LogP) is 2.58. The summed E-state index contributed by atoms with van der Waals surface area (Å²) in [6.07, 6.45) is 9.17. The second kappa shape index (κ2) is 5.35. The van der Waals surface area contributed by atoms with E-state index in [1.807, 2.05) is 18.5 Å². The molecule has 2 rings (SSSR count). The maximum Gasteiger partial charge on any atom is 0.189 e. The largest absolute Gasteiger partial charge is 0.356 e. The van der Waals surface area contributed by atoms with E-state index in [1.165, 1.54) is 25.7 Å². The number of thioether (sulfide) groups is 1. The summed E-state index contributed by atoms with van der Waals surface area (Å²) in [4.78, 5) is 11.1. The van der Waals surface area contributed by atoms with Gasteiger partial charge in [-0.05, 0) is 25.2 Å². The Balaban J connectivity index is 2.12. The van der Waals surface area contributed by atoms with Crippen LogP contribution < -0.4 is 4.90 Å². The Morgan fingerprint density at radius 3 is 2.60 bits per heavy atom. The van der Waals surface area contributed by atoms with Crippen molar-refractivity contribution in [3.05, 3.63) is 12.3 Å². The Labute approximate surface area is 95.3 Å². The lowest BCUT2D eigenvalue weighted by Crippen LogP contribution is -2.25. The molecular formula is C11H17N3S. The molecule has 0 bridgehead atoms. The van der Waals surface area contributed by atoms with Crippen molar-refractivity contribution >= 4 is 17.6 Å². The highest BCUT2D eigenvalue weighted by Gasteiger charge is 2.11. The highest BCUT2D eigenvalue weighted by atomic mass is 32.2. The van der Waals surface area contributed by atoms with Crippen LogP contribution in [0.5, 0.6) is 0 Å². The van der Waals surface area contributed by atoms with Crippen LogP contribution in [0, 0.1) is 0 Å².